The molecule has 0 aliphatic carbocycles. The standard InChI is InChI=1S/C18H39N/c1-3-5-7-9-10-11-12-13-15-17-18(19)16-14-8-6-4-2/h18H,3-17,19H2,1-2H3. The minimum atomic E-state index is 0.474. The number of unbranched alkanes of at least 4 members (excludes halogenated alkanes) is 11. The van der Waals surface area contributed by atoms with Crippen LogP contribution in [0, 0.1) is 0 Å². The highest BCUT2D eigenvalue weighted by Crippen LogP contribution is 2.13. The molecule has 0 aromatic carbocycles. The molecule has 0 saturated heterocycles. The molecule has 0 aromatic heterocycles. The lowest BCUT2D eigenvalue weighted by Gasteiger charge is -2.11. The van der Waals surface area contributed by atoms with Crippen molar-refractivity contribution >= 4 is 0 Å². The van der Waals surface area contributed by atoms with Gasteiger partial charge in [0.05, 0.1) is 0 Å². The summed E-state index contributed by atoms with van der Waals surface area (Å²) in [5.74, 6) is 0. The van der Waals surface area contributed by atoms with E-state index in [9.17, 15) is 0 Å². The smallest absolute Gasteiger partial charge is 0.00388 e. The fraction of sp³-hybridized carbons (Fsp3) is 1.00. The van der Waals surface area contributed by atoms with Crippen molar-refractivity contribution in [2.75, 3.05) is 0 Å². The van der Waals surface area contributed by atoms with Gasteiger partial charge in [-0.3, -0.25) is 0 Å². The van der Waals surface area contributed by atoms with Crippen molar-refractivity contribution in [1.82, 2.24) is 0 Å². The minimum absolute atomic E-state index is 0.474. The maximum absolute atomic E-state index is 6.15. The van der Waals surface area contributed by atoms with Gasteiger partial charge in [0.1, 0.15) is 0 Å². The molecule has 0 aliphatic rings. The van der Waals surface area contributed by atoms with E-state index >= 15 is 0 Å². The molecule has 0 aromatic rings. The molecule has 0 aliphatic heterocycles. The van der Waals surface area contributed by atoms with E-state index in [1.807, 2.05) is 0 Å². The Hall–Kier alpha value is -0.0400. The van der Waals surface area contributed by atoms with Gasteiger partial charge >= 0.3 is 0 Å². The van der Waals surface area contributed by atoms with Crippen LogP contribution in [-0.4, -0.2) is 6.04 Å². The van der Waals surface area contributed by atoms with Crippen LogP contribution >= 0.6 is 0 Å². The van der Waals surface area contributed by atoms with Crippen LogP contribution in [0.25, 0.3) is 0 Å². The van der Waals surface area contributed by atoms with Crippen LogP contribution in [0.4, 0.5) is 0 Å². The van der Waals surface area contributed by atoms with E-state index in [1.54, 1.807) is 0 Å². The Morgan fingerprint density at radius 3 is 1.26 bits per heavy atom. The van der Waals surface area contributed by atoms with Crippen LogP contribution in [0.5, 0.6) is 0 Å². The Labute approximate surface area is 122 Å². The molecule has 1 atom stereocenters. The third-order valence-electron chi connectivity index (χ3n) is 4.11. The lowest BCUT2D eigenvalue weighted by Crippen LogP contribution is -2.19. The first kappa shape index (κ1) is 19.0. The van der Waals surface area contributed by atoms with E-state index in [-0.39, 0.29) is 0 Å². The second-order valence-corrected chi connectivity index (χ2v) is 6.23. The van der Waals surface area contributed by atoms with Gasteiger partial charge in [0.25, 0.3) is 0 Å². The summed E-state index contributed by atoms with van der Waals surface area (Å²) in [6.07, 6.45) is 20.7. The zero-order chi connectivity index (χ0) is 14.2. The monoisotopic (exact) mass is 269 g/mol. The van der Waals surface area contributed by atoms with Crippen LogP contribution < -0.4 is 5.73 Å². The summed E-state index contributed by atoms with van der Waals surface area (Å²) in [4.78, 5) is 0. The van der Waals surface area contributed by atoms with Gasteiger partial charge < -0.3 is 5.73 Å². The Balaban J connectivity index is 3.07. The first-order chi connectivity index (χ1) is 9.31. The van der Waals surface area contributed by atoms with Crippen molar-refractivity contribution in [3.8, 4) is 0 Å². The van der Waals surface area contributed by atoms with Crippen LogP contribution in [0.15, 0.2) is 0 Å². The number of rotatable bonds is 15. The van der Waals surface area contributed by atoms with Crippen molar-refractivity contribution in [2.45, 2.75) is 116 Å². The maximum Gasteiger partial charge on any atom is 0.00388 e. The summed E-state index contributed by atoms with van der Waals surface area (Å²) >= 11 is 0. The molecule has 0 fully saturated rings. The number of nitrogens with two attached hydrogens (primary N) is 1. The summed E-state index contributed by atoms with van der Waals surface area (Å²) in [5.41, 5.74) is 6.15. The van der Waals surface area contributed by atoms with E-state index in [1.165, 1.54) is 96.3 Å². The third-order valence-corrected chi connectivity index (χ3v) is 4.11. The SMILES string of the molecule is CCCCCCCCCCCC(N)CCCCCC. The van der Waals surface area contributed by atoms with Crippen molar-refractivity contribution in [1.29, 1.82) is 0 Å². The molecule has 0 heterocycles. The highest BCUT2D eigenvalue weighted by atomic mass is 14.6. The molecule has 116 valence electrons. The molecule has 1 nitrogen and oxygen atoms in total. The first-order valence-electron chi connectivity index (χ1n) is 9.06. The molecule has 2 N–H and O–H groups in total. The minimum Gasteiger partial charge on any atom is -0.328 e. The lowest BCUT2D eigenvalue weighted by atomic mass is 10.0. The summed E-state index contributed by atoms with van der Waals surface area (Å²) < 4.78 is 0. The van der Waals surface area contributed by atoms with Gasteiger partial charge in [-0.15, -0.1) is 0 Å². The topological polar surface area (TPSA) is 26.0 Å². The van der Waals surface area contributed by atoms with Gasteiger partial charge in [0.15, 0.2) is 0 Å². The van der Waals surface area contributed by atoms with Gasteiger partial charge in [-0.05, 0) is 12.8 Å². The molecule has 1 heteroatoms. The van der Waals surface area contributed by atoms with Crippen LogP contribution in [0.1, 0.15) is 110 Å². The quantitative estimate of drug-likeness (QED) is 0.352. The average Bonchev–Trinajstić information content (AvgIpc) is 2.42. The zero-order valence-corrected chi connectivity index (χ0v) is 13.8. The van der Waals surface area contributed by atoms with Gasteiger partial charge in [-0.1, -0.05) is 97.3 Å². The largest absolute Gasteiger partial charge is 0.328 e. The molecule has 0 saturated carbocycles. The van der Waals surface area contributed by atoms with Crippen LogP contribution in [-0.2, 0) is 0 Å². The van der Waals surface area contributed by atoms with Crippen molar-refractivity contribution in [2.24, 2.45) is 5.73 Å². The predicted molar refractivity (Wildman–Crippen MR) is 88.6 cm³/mol. The predicted octanol–water partition coefficient (Wildman–Crippen LogP) is 6.21. The van der Waals surface area contributed by atoms with E-state index in [0.29, 0.717) is 6.04 Å². The van der Waals surface area contributed by atoms with E-state index in [2.05, 4.69) is 13.8 Å². The van der Waals surface area contributed by atoms with E-state index in [0.717, 1.165) is 0 Å². The van der Waals surface area contributed by atoms with Crippen molar-refractivity contribution < 1.29 is 0 Å². The van der Waals surface area contributed by atoms with Gasteiger partial charge in [0, 0.05) is 6.04 Å². The van der Waals surface area contributed by atoms with Crippen LogP contribution in [0.3, 0.4) is 0 Å². The lowest BCUT2D eigenvalue weighted by molar-refractivity contribution is 0.485. The number of hydrogen-bond acceptors (Lipinski definition) is 1. The molecule has 0 rings (SSSR count). The summed E-state index contributed by atoms with van der Waals surface area (Å²) in [7, 11) is 0. The molecule has 0 radical (unpaired) electrons. The fourth-order valence-corrected chi connectivity index (χ4v) is 2.69. The summed E-state index contributed by atoms with van der Waals surface area (Å²) in [6.45, 7) is 4.55. The third kappa shape index (κ3) is 15.9. The maximum atomic E-state index is 6.15. The Bertz CT molecular complexity index is 156. The highest BCUT2D eigenvalue weighted by molar-refractivity contribution is 4.61. The Morgan fingerprint density at radius 2 is 0.842 bits per heavy atom. The van der Waals surface area contributed by atoms with E-state index in [4.69, 9.17) is 5.73 Å². The average molecular weight is 270 g/mol. The number of hydrogen-bond donors (Lipinski definition) is 1. The second-order valence-electron chi connectivity index (χ2n) is 6.23. The first-order valence-corrected chi connectivity index (χ1v) is 9.06. The molecule has 0 spiro atoms. The zero-order valence-electron chi connectivity index (χ0n) is 13.8. The summed E-state index contributed by atoms with van der Waals surface area (Å²) in [5, 5.41) is 0. The molecule has 0 amide bonds. The molecular weight excluding hydrogens is 230 g/mol. The molecule has 19 heavy (non-hydrogen) atoms. The van der Waals surface area contributed by atoms with Gasteiger partial charge in [-0.25, -0.2) is 0 Å². The molecule has 0 bridgehead atoms. The Morgan fingerprint density at radius 1 is 0.526 bits per heavy atom. The summed E-state index contributed by atoms with van der Waals surface area (Å²) in [6, 6.07) is 0.474. The van der Waals surface area contributed by atoms with Crippen LogP contribution in [0.2, 0.25) is 0 Å². The second kappa shape index (κ2) is 16.0. The molecular formula is C18H39N. The Kier molecular flexibility index (Phi) is 16.0. The fourth-order valence-electron chi connectivity index (χ4n) is 2.69. The van der Waals surface area contributed by atoms with Crippen molar-refractivity contribution in [3.05, 3.63) is 0 Å². The van der Waals surface area contributed by atoms with Gasteiger partial charge in [-0.2, -0.15) is 0 Å². The van der Waals surface area contributed by atoms with Gasteiger partial charge in [0.2, 0.25) is 0 Å². The normalized spacial score (nSPS) is 12.8. The van der Waals surface area contributed by atoms with Crippen molar-refractivity contribution in [3.63, 3.8) is 0 Å². The van der Waals surface area contributed by atoms with E-state index < -0.39 is 0 Å². The molecule has 1 unspecified atom stereocenters. The highest BCUT2D eigenvalue weighted by Gasteiger charge is 2.01.